The number of benzene rings is 3. The van der Waals surface area contributed by atoms with E-state index in [2.05, 4.69) is 5.32 Å². The third-order valence-corrected chi connectivity index (χ3v) is 4.68. The van der Waals surface area contributed by atoms with Crippen LogP contribution in [0.25, 0.3) is 10.8 Å². The Morgan fingerprint density at radius 3 is 2.63 bits per heavy atom. The molecule has 0 bridgehead atoms. The van der Waals surface area contributed by atoms with Crippen molar-refractivity contribution in [1.29, 1.82) is 0 Å². The average molecular weight is 360 g/mol. The van der Waals surface area contributed by atoms with Gasteiger partial charge in [0.2, 0.25) is 5.91 Å². The van der Waals surface area contributed by atoms with Crippen LogP contribution in [-0.4, -0.2) is 24.5 Å². The molecular weight excluding hydrogens is 340 g/mol. The molecule has 0 unspecified atom stereocenters. The lowest BCUT2D eigenvalue weighted by molar-refractivity contribution is -0.127. The minimum absolute atomic E-state index is 0.00652. The summed E-state index contributed by atoms with van der Waals surface area (Å²) >= 11 is 0. The molecule has 3 aromatic rings. The van der Waals surface area contributed by atoms with E-state index in [1.54, 1.807) is 6.07 Å². The monoisotopic (exact) mass is 360 g/mol. The van der Waals surface area contributed by atoms with E-state index in [9.17, 15) is 9.59 Å². The Balaban J connectivity index is 1.60. The molecule has 27 heavy (non-hydrogen) atoms. The second-order valence-electron chi connectivity index (χ2n) is 6.51. The van der Waals surface area contributed by atoms with Crippen LogP contribution in [0.4, 0.5) is 11.4 Å². The quantitative estimate of drug-likeness (QED) is 0.765. The lowest BCUT2D eigenvalue weighted by atomic mass is 10.1. The molecule has 0 fully saturated rings. The molecule has 0 saturated carbocycles. The molecule has 1 aliphatic rings. The smallest absolute Gasteiger partial charge is 0.268 e. The van der Waals surface area contributed by atoms with Crippen LogP contribution in [-0.2, 0) is 9.59 Å². The maximum Gasteiger partial charge on any atom is 0.268 e. The summed E-state index contributed by atoms with van der Waals surface area (Å²) < 4.78 is 6.01. The molecule has 0 radical (unpaired) electrons. The maximum absolute atomic E-state index is 13.1. The van der Waals surface area contributed by atoms with Gasteiger partial charge in [-0.05, 0) is 41.5 Å². The van der Waals surface area contributed by atoms with Crippen LogP contribution in [0.5, 0.6) is 5.75 Å². The molecule has 1 aliphatic heterocycles. The zero-order chi connectivity index (χ0) is 18.8. The Kier molecular flexibility index (Phi) is 4.50. The van der Waals surface area contributed by atoms with E-state index in [0.717, 1.165) is 10.8 Å². The van der Waals surface area contributed by atoms with Crippen molar-refractivity contribution >= 4 is 34.0 Å². The number of amides is 2. The molecule has 3 aromatic carbocycles. The fourth-order valence-corrected chi connectivity index (χ4v) is 3.32. The second kappa shape index (κ2) is 7.11. The van der Waals surface area contributed by atoms with E-state index in [0.29, 0.717) is 23.5 Å². The van der Waals surface area contributed by atoms with Crippen molar-refractivity contribution in [3.05, 3.63) is 66.7 Å². The summed E-state index contributed by atoms with van der Waals surface area (Å²) in [5.74, 6) is 0.221. The standard InChI is InChI=1S/C22H20N2O3/c1-2-20(27-17-12-11-15-7-3-4-8-16(15)13-17)22(26)24-14-21(25)23-18-9-5-6-10-19(18)24/h3-13,20H,2,14H2,1H3,(H,23,25)/t20-/m1/s1. The second-order valence-corrected chi connectivity index (χ2v) is 6.51. The maximum atomic E-state index is 13.1. The fourth-order valence-electron chi connectivity index (χ4n) is 3.32. The number of hydrogen-bond acceptors (Lipinski definition) is 3. The van der Waals surface area contributed by atoms with Crippen molar-refractivity contribution in [2.75, 3.05) is 16.8 Å². The van der Waals surface area contributed by atoms with E-state index in [1.807, 2.05) is 67.6 Å². The van der Waals surface area contributed by atoms with Crippen LogP contribution >= 0.6 is 0 Å². The molecule has 0 spiro atoms. The number of carbonyl (C=O) groups is 2. The van der Waals surface area contributed by atoms with Crippen LogP contribution < -0.4 is 15.0 Å². The number of rotatable bonds is 4. The van der Waals surface area contributed by atoms with Crippen molar-refractivity contribution in [2.24, 2.45) is 0 Å². The topological polar surface area (TPSA) is 58.6 Å². The van der Waals surface area contributed by atoms with Crippen molar-refractivity contribution in [3.8, 4) is 5.75 Å². The largest absolute Gasteiger partial charge is 0.481 e. The zero-order valence-corrected chi connectivity index (χ0v) is 15.0. The van der Waals surface area contributed by atoms with Gasteiger partial charge in [0.25, 0.3) is 5.91 Å². The van der Waals surface area contributed by atoms with Gasteiger partial charge in [0, 0.05) is 0 Å². The normalized spacial score (nSPS) is 14.4. The number of carbonyl (C=O) groups excluding carboxylic acids is 2. The highest BCUT2D eigenvalue weighted by atomic mass is 16.5. The first-order chi connectivity index (χ1) is 13.2. The molecule has 1 heterocycles. The minimum Gasteiger partial charge on any atom is -0.481 e. The predicted molar refractivity (Wildman–Crippen MR) is 106 cm³/mol. The Bertz CT molecular complexity index is 1020. The molecule has 1 N–H and O–H groups in total. The average Bonchev–Trinajstić information content (AvgIpc) is 2.70. The fraction of sp³-hybridized carbons (Fsp3) is 0.182. The summed E-state index contributed by atoms with van der Waals surface area (Å²) in [5, 5.41) is 4.97. The highest BCUT2D eigenvalue weighted by Gasteiger charge is 2.31. The Hall–Kier alpha value is -3.34. The third-order valence-electron chi connectivity index (χ3n) is 4.68. The highest BCUT2D eigenvalue weighted by molar-refractivity contribution is 6.11. The number of ether oxygens (including phenoxy) is 1. The van der Waals surface area contributed by atoms with Gasteiger partial charge in [-0.2, -0.15) is 0 Å². The molecule has 4 rings (SSSR count). The van der Waals surface area contributed by atoms with Gasteiger partial charge in [0.1, 0.15) is 12.3 Å². The molecule has 0 aliphatic carbocycles. The molecule has 136 valence electrons. The molecule has 0 aromatic heterocycles. The molecule has 5 heteroatoms. The molecule has 0 saturated heterocycles. The van der Waals surface area contributed by atoms with E-state index in [4.69, 9.17) is 4.74 Å². The number of fused-ring (bicyclic) bond motifs is 2. The number of hydrogen-bond donors (Lipinski definition) is 1. The van der Waals surface area contributed by atoms with E-state index in [1.165, 1.54) is 4.90 Å². The summed E-state index contributed by atoms with van der Waals surface area (Å²) in [6, 6.07) is 21.1. The van der Waals surface area contributed by atoms with Gasteiger partial charge < -0.3 is 10.1 Å². The van der Waals surface area contributed by atoms with Crippen LogP contribution in [0.2, 0.25) is 0 Å². The van der Waals surface area contributed by atoms with Gasteiger partial charge in [0.15, 0.2) is 6.10 Å². The minimum atomic E-state index is -0.662. The van der Waals surface area contributed by atoms with Crippen LogP contribution in [0.1, 0.15) is 13.3 Å². The van der Waals surface area contributed by atoms with Gasteiger partial charge in [-0.25, -0.2) is 0 Å². The SMILES string of the molecule is CC[C@@H](Oc1ccc2ccccc2c1)C(=O)N1CC(=O)Nc2ccccc21. The predicted octanol–water partition coefficient (Wildman–Crippen LogP) is 3.98. The summed E-state index contributed by atoms with van der Waals surface area (Å²) in [6.07, 6.45) is -0.156. The van der Waals surface area contributed by atoms with E-state index in [-0.39, 0.29) is 18.4 Å². The Labute approximate surface area is 157 Å². The lowest BCUT2D eigenvalue weighted by Crippen LogP contribution is -2.48. The van der Waals surface area contributed by atoms with Crippen molar-refractivity contribution in [3.63, 3.8) is 0 Å². The van der Waals surface area contributed by atoms with E-state index < -0.39 is 6.10 Å². The third kappa shape index (κ3) is 3.36. The molecule has 2 amide bonds. The van der Waals surface area contributed by atoms with Gasteiger partial charge in [-0.1, -0.05) is 49.4 Å². The molecule has 5 nitrogen and oxygen atoms in total. The number of para-hydroxylation sites is 2. The van der Waals surface area contributed by atoms with Crippen LogP contribution in [0.3, 0.4) is 0 Å². The number of nitrogens with zero attached hydrogens (tertiary/aromatic N) is 1. The first kappa shape index (κ1) is 17.1. The van der Waals surface area contributed by atoms with Crippen molar-refractivity contribution < 1.29 is 14.3 Å². The van der Waals surface area contributed by atoms with Gasteiger partial charge in [-0.15, -0.1) is 0 Å². The summed E-state index contributed by atoms with van der Waals surface area (Å²) in [6.45, 7) is 1.90. The van der Waals surface area contributed by atoms with Crippen LogP contribution in [0.15, 0.2) is 66.7 Å². The number of nitrogens with one attached hydrogen (secondary N) is 1. The summed E-state index contributed by atoms with van der Waals surface area (Å²) in [4.78, 5) is 26.6. The van der Waals surface area contributed by atoms with E-state index >= 15 is 0 Å². The van der Waals surface area contributed by atoms with Crippen LogP contribution in [0, 0.1) is 0 Å². The first-order valence-electron chi connectivity index (χ1n) is 9.01. The molecule has 1 atom stereocenters. The van der Waals surface area contributed by atoms with Gasteiger partial charge in [0.05, 0.1) is 11.4 Å². The lowest BCUT2D eigenvalue weighted by Gasteiger charge is -2.31. The highest BCUT2D eigenvalue weighted by Crippen LogP contribution is 2.30. The van der Waals surface area contributed by atoms with Gasteiger partial charge >= 0.3 is 0 Å². The zero-order valence-electron chi connectivity index (χ0n) is 15.0. The molecular formula is C22H20N2O3. The Morgan fingerprint density at radius 1 is 1.07 bits per heavy atom. The van der Waals surface area contributed by atoms with Crippen molar-refractivity contribution in [1.82, 2.24) is 0 Å². The van der Waals surface area contributed by atoms with Gasteiger partial charge in [-0.3, -0.25) is 14.5 Å². The van der Waals surface area contributed by atoms with Crippen molar-refractivity contribution in [2.45, 2.75) is 19.4 Å². The summed E-state index contributed by atoms with van der Waals surface area (Å²) in [5.41, 5.74) is 1.34. The summed E-state index contributed by atoms with van der Waals surface area (Å²) in [7, 11) is 0. The Morgan fingerprint density at radius 2 is 1.81 bits per heavy atom. The first-order valence-corrected chi connectivity index (χ1v) is 9.01. The number of anilines is 2.